The minimum Gasteiger partial charge on any atom is -0.384 e. The molecule has 1 aromatic heterocycles. The van der Waals surface area contributed by atoms with Gasteiger partial charge in [-0.05, 0) is 30.7 Å². The maximum absolute atomic E-state index is 12.1. The van der Waals surface area contributed by atoms with E-state index in [0.29, 0.717) is 11.3 Å². The fourth-order valence-corrected chi connectivity index (χ4v) is 2.57. The Morgan fingerprint density at radius 2 is 2.20 bits per heavy atom. The predicted octanol–water partition coefficient (Wildman–Crippen LogP) is 0.863. The van der Waals surface area contributed by atoms with E-state index in [9.17, 15) is 8.42 Å². The molecule has 0 radical (unpaired) electrons. The van der Waals surface area contributed by atoms with Crippen LogP contribution in [0.15, 0.2) is 35.5 Å². The number of sulfonamides is 1. The summed E-state index contributed by atoms with van der Waals surface area (Å²) in [6, 6.07) is 6.50. The lowest BCUT2D eigenvalue weighted by Gasteiger charge is -2.09. The van der Waals surface area contributed by atoms with E-state index in [-0.39, 0.29) is 11.6 Å². The fourth-order valence-electron chi connectivity index (χ4n) is 1.58. The average Bonchev–Trinajstić information content (AvgIpc) is 2.93. The van der Waals surface area contributed by atoms with Gasteiger partial charge in [0.1, 0.15) is 6.61 Å². The third-order valence-electron chi connectivity index (χ3n) is 2.49. The highest BCUT2D eigenvalue weighted by atomic mass is 32.2. The highest BCUT2D eigenvalue weighted by Crippen LogP contribution is 2.19. The van der Waals surface area contributed by atoms with E-state index in [2.05, 4.69) is 26.8 Å². The lowest BCUT2D eigenvalue weighted by atomic mass is 10.1. The Hall–Kier alpha value is -2.30. The van der Waals surface area contributed by atoms with Crippen LogP contribution in [-0.2, 0) is 10.0 Å². The van der Waals surface area contributed by atoms with E-state index >= 15 is 0 Å². The summed E-state index contributed by atoms with van der Waals surface area (Å²) in [4.78, 5) is 0. The van der Waals surface area contributed by atoms with Crippen molar-refractivity contribution in [2.75, 3.05) is 11.3 Å². The molecule has 0 saturated carbocycles. The summed E-state index contributed by atoms with van der Waals surface area (Å²) in [7, 11) is -3.73. The Labute approximate surface area is 116 Å². The largest absolute Gasteiger partial charge is 0.384 e. The van der Waals surface area contributed by atoms with Gasteiger partial charge in [0, 0.05) is 5.56 Å². The third kappa shape index (κ3) is 3.17. The molecule has 2 rings (SSSR count). The van der Waals surface area contributed by atoms with Crippen molar-refractivity contribution in [1.82, 2.24) is 10.2 Å². The maximum atomic E-state index is 12.1. The number of H-pyrrole nitrogens is 1. The van der Waals surface area contributed by atoms with Crippen molar-refractivity contribution in [2.24, 2.45) is 0 Å². The van der Waals surface area contributed by atoms with Crippen LogP contribution < -0.4 is 4.72 Å². The Balaban J connectivity index is 2.39. The highest BCUT2D eigenvalue weighted by Gasteiger charge is 2.16. The minimum absolute atomic E-state index is 0.0286. The van der Waals surface area contributed by atoms with Crippen LogP contribution in [0.3, 0.4) is 0 Å². The van der Waals surface area contributed by atoms with Crippen LogP contribution in [0.1, 0.15) is 11.1 Å². The van der Waals surface area contributed by atoms with Gasteiger partial charge in [-0.15, -0.1) is 0 Å². The van der Waals surface area contributed by atoms with Crippen molar-refractivity contribution in [3.05, 3.63) is 41.6 Å². The van der Waals surface area contributed by atoms with Crippen molar-refractivity contribution in [3.8, 4) is 11.8 Å². The van der Waals surface area contributed by atoms with Crippen LogP contribution in [0.5, 0.6) is 0 Å². The number of nitrogens with zero attached hydrogens (tertiary/aromatic N) is 1. The van der Waals surface area contributed by atoms with Crippen LogP contribution in [0.2, 0.25) is 0 Å². The summed E-state index contributed by atoms with van der Waals surface area (Å²) in [6.45, 7) is 1.58. The molecular formula is C13H13N3O3S. The zero-order valence-electron chi connectivity index (χ0n) is 10.7. The van der Waals surface area contributed by atoms with Crippen LogP contribution in [0.4, 0.5) is 5.69 Å². The van der Waals surface area contributed by atoms with Crippen LogP contribution in [-0.4, -0.2) is 30.3 Å². The maximum Gasteiger partial charge on any atom is 0.278 e. The van der Waals surface area contributed by atoms with Gasteiger partial charge < -0.3 is 5.11 Å². The van der Waals surface area contributed by atoms with E-state index < -0.39 is 10.0 Å². The molecule has 6 nitrogen and oxygen atoms in total. The second-order valence-corrected chi connectivity index (χ2v) is 5.69. The number of nitrogens with one attached hydrogen (secondary N) is 2. The number of aliphatic hydroxyl groups excluding tert-OH is 1. The topological polar surface area (TPSA) is 95.1 Å². The van der Waals surface area contributed by atoms with Crippen LogP contribution >= 0.6 is 0 Å². The molecule has 104 valence electrons. The molecule has 2 aromatic rings. The van der Waals surface area contributed by atoms with E-state index in [1.807, 2.05) is 6.92 Å². The number of aromatic nitrogens is 2. The highest BCUT2D eigenvalue weighted by molar-refractivity contribution is 7.92. The number of aromatic amines is 1. The van der Waals surface area contributed by atoms with Gasteiger partial charge in [-0.3, -0.25) is 9.82 Å². The van der Waals surface area contributed by atoms with Gasteiger partial charge in [0.05, 0.1) is 11.9 Å². The number of hydrogen-bond acceptors (Lipinski definition) is 4. The normalized spacial score (nSPS) is 10.7. The molecule has 0 atom stereocenters. The van der Waals surface area contributed by atoms with Gasteiger partial charge in [-0.25, -0.2) is 0 Å². The quantitative estimate of drug-likeness (QED) is 0.731. The molecule has 0 unspecified atom stereocenters. The summed E-state index contributed by atoms with van der Waals surface area (Å²) in [5.74, 6) is 5.22. The molecule has 1 aromatic carbocycles. The fraction of sp³-hybridized carbons (Fsp3) is 0.154. The Morgan fingerprint density at radius 1 is 1.40 bits per heavy atom. The Kier molecular flexibility index (Phi) is 4.08. The molecule has 0 aliphatic carbocycles. The summed E-state index contributed by atoms with van der Waals surface area (Å²) in [5.41, 5.74) is 1.80. The minimum atomic E-state index is -3.73. The Bertz CT molecular complexity index is 756. The number of aryl methyl sites for hydroxylation is 1. The first kappa shape index (κ1) is 14.1. The second-order valence-electron chi connectivity index (χ2n) is 4.04. The number of rotatable bonds is 3. The third-order valence-corrected chi connectivity index (χ3v) is 3.78. The van der Waals surface area contributed by atoms with Gasteiger partial charge in [-0.2, -0.15) is 13.5 Å². The van der Waals surface area contributed by atoms with E-state index in [0.717, 1.165) is 5.56 Å². The standard InChI is InChI=1S/C13H13N3O3S/c1-10-4-5-12(11(9-10)3-2-8-17)16-20(18,19)13-6-7-14-15-13/h4-7,9,16-17H,8H2,1H3,(H,14,15). The molecule has 0 aliphatic rings. The van der Waals surface area contributed by atoms with E-state index in [1.165, 1.54) is 12.3 Å². The number of hydrogen-bond donors (Lipinski definition) is 3. The van der Waals surface area contributed by atoms with Crippen molar-refractivity contribution in [2.45, 2.75) is 11.9 Å². The zero-order chi connectivity index (χ0) is 14.6. The van der Waals surface area contributed by atoms with Crippen molar-refractivity contribution in [1.29, 1.82) is 0 Å². The first-order valence-electron chi connectivity index (χ1n) is 5.75. The molecule has 0 aliphatic heterocycles. The monoisotopic (exact) mass is 291 g/mol. The Morgan fingerprint density at radius 3 is 2.85 bits per heavy atom. The number of aliphatic hydroxyl groups is 1. The summed E-state index contributed by atoms with van der Waals surface area (Å²) < 4.78 is 26.6. The molecule has 7 heteroatoms. The molecule has 1 heterocycles. The van der Waals surface area contributed by atoms with Crippen molar-refractivity contribution < 1.29 is 13.5 Å². The lowest BCUT2D eigenvalue weighted by Crippen LogP contribution is -2.14. The van der Waals surface area contributed by atoms with Crippen molar-refractivity contribution >= 4 is 15.7 Å². The SMILES string of the molecule is Cc1ccc(NS(=O)(=O)c2ccn[nH]2)c(C#CCO)c1. The lowest BCUT2D eigenvalue weighted by molar-refractivity contribution is 0.350. The van der Waals surface area contributed by atoms with Crippen LogP contribution in [0.25, 0.3) is 0 Å². The average molecular weight is 291 g/mol. The van der Waals surface area contributed by atoms with Crippen molar-refractivity contribution in [3.63, 3.8) is 0 Å². The number of benzene rings is 1. The molecule has 0 saturated heterocycles. The van der Waals surface area contributed by atoms with Crippen LogP contribution in [0, 0.1) is 18.8 Å². The van der Waals surface area contributed by atoms with Gasteiger partial charge in [0.15, 0.2) is 5.03 Å². The summed E-state index contributed by atoms with van der Waals surface area (Å²) >= 11 is 0. The smallest absolute Gasteiger partial charge is 0.278 e. The second kappa shape index (κ2) is 5.77. The van der Waals surface area contributed by atoms with Gasteiger partial charge in [-0.1, -0.05) is 17.9 Å². The van der Waals surface area contributed by atoms with Gasteiger partial charge in [0.2, 0.25) is 0 Å². The molecule has 20 heavy (non-hydrogen) atoms. The number of anilines is 1. The zero-order valence-corrected chi connectivity index (χ0v) is 11.5. The summed E-state index contributed by atoms with van der Waals surface area (Å²) in [5, 5.41) is 14.7. The molecule has 0 spiro atoms. The summed E-state index contributed by atoms with van der Waals surface area (Å²) in [6.07, 6.45) is 1.36. The molecule has 3 N–H and O–H groups in total. The van der Waals surface area contributed by atoms with Gasteiger partial charge >= 0.3 is 0 Å². The van der Waals surface area contributed by atoms with E-state index in [1.54, 1.807) is 18.2 Å². The molecular weight excluding hydrogens is 278 g/mol. The molecule has 0 fully saturated rings. The van der Waals surface area contributed by atoms with E-state index in [4.69, 9.17) is 5.11 Å². The van der Waals surface area contributed by atoms with Gasteiger partial charge in [0.25, 0.3) is 10.0 Å². The molecule has 0 amide bonds. The first-order valence-corrected chi connectivity index (χ1v) is 7.24. The first-order chi connectivity index (χ1) is 9.53. The predicted molar refractivity (Wildman–Crippen MR) is 74.5 cm³/mol. The molecule has 0 bridgehead atoms.